The molecule has 0 aromatic heterocycles. The average Bonchev–Trinajstić information content (AvgIpc) is 2.93. The van der Waals surface area contributed by atoms with Crippen molar-refractivity contribution in [3.8, 4) is 0 Å². The van der Waals surface area contributed by atoms with Crippen LogP contribution < -0.4 is 16.0 Å². The van der Waals surface area contributed by atoms with E-state index in [1.54, 1.807) is 5.32 Å². The molecule has 0 aliphatic carbocycles. The maximum atomic E-state index is 14.5. The van der Waals surface area contributed by atoms with Crippen molar-refractivity contribution in [2.45, 2.75) is 105 Å². The molecule has 30 heteroatoms. The van der Waals surface area contributed by atoms with Gasteiger partial charge in [-0.15, -0.1) is 0 Å². The lowest BCUT2D eigenvalue weighted by atomic mass is 9.77. The smallest absolute Gasteiger partial charge is 0.460 e. The molecule has 0 bridgehead atoms. The van der Waals surface area contributed by atoms with Gasteiger partial charge in [-0.3, -0.25) is 0 Å². The van der Waals surface area contributed by atoms with Crippen LogP contribution in [0.15, 0.2) is 0 Å². The number of halogens is 21. The molecule has 0 saturated heterocycles. The topological polar surface area (TPSA) is 137 Å². The molecule has 9 nitrogen and oxygen atoms in total. The second-order valence-electron chi connectivity index (χ2n) is 11.5. The van der Waals surface area contributed by atoms with E-state index in [2.05, 4.69) is 4.74 Å². The van der Waals surface area contributed by atoms with Crippen molar-refractivity contribution in [1.82, 2.24) is 16.0 Å². The summed E-state index contributed by atoms with van der Waals surface area (Å²) in [5.41, 5.74) is -4.52. The van der Waals surface area contributed by atoms with Crippen LogP contribution in [0.3, 0.4) is 0 Å². The van der Waals surface area contributed by atoms with Gasteiger partial charge in [0.15, 0.2) is 6.61 Å². The monoisotopic (exact) mass is 851 g/mol. The van der Waals surface area contributed by atoms with Crippen LogP contribution in [-0.4, -0.2) is 108 Å². The molecule has 1 unspecified atom stereocenters. The van der Waals surface area contributed by atoms with Gasteiger partial charge in [0, 0.05) is 25.9 Å². The quantitative estimate of drug-likeness (QED) is 0.0614. The van der Waals surface area contributed by atoms with E-state index in [9.17, 15) is 107 Å². The molecule has 0 aliphatic heterocycles. The highest BCUT2D eigenvalue weighted by Crippen LogP contribution is 2.55. The number of amides is 3. The van der Waals surface area contributed by atoms with Crippen molar-refractivity contribution < 1.29 is 122 Å². The molecule has 0 spiro atoms. The van der Waals surface area contributed by atoms with Gasteiger partial charge in [0.05, 0.1) is 5.54 Å². The maximum absolute atomic E-state index is 14.5. The zero-order valence-corrected chi connectivity index (χ0v) is 26.1. The predicted molar refractivity (Wildman–Crippen MR) is 133 cm³/mol. The fraction of sp³-hybridized carbons (Fsp3) is 0.875. The number of alkyl carbamates (subject to hydrolysis) is 1. The first kappa shape index (κ1) is 50.3. The molecule has 0 rings (SSSR count). The minimum Gasteiger partial charge on any atom is -0.465 e. The molecule has 0 aliphatic rings. The van der Waals surface area contributed by atoms with Gasteiger partial charge in [-0.1, -0.05) is 6.42 Å². The third-order valence-corrected chi connectivity index (χ3v) is 7.21. The van der Waals surface area contributed by atoms with Crippen LogP contribution >= 0.6 is 0 Å². The highest BCUT2D eigenvalue weighted by atomic mass is 19.4. The molecule has 0 heterocycles. The zero-order chi connectivity index (χ0) is 43.2. The van der Waals surface area contributed by atoms with Gasteiger partial charge in [-0.05, 0) is 31.6 Å². The molecule has 0 aromatic carbocycles. The third-order valence-electron chi connectivity index (χ3n) is 7.21. The molecular weight excluding hydrogens is 825 g/mol. The van der Waals surface area contributed by atoms with Gasteiger partial charge in [-0.25, -0.2) is 14.4 Å². The molecule has 320 valence electrons. The third kappa shape index (κ3) is 12.7. The van der Waals surface area contributed by atoms with Crippen LogP contribution in [0.5, 0.6) is 0 Å². The standard InChI is InChI=1S/C24H26F21N3O6/c25-16(26,19(31,32)22(37,38)39)8-15(48-13(51)52,9-17(27,28)20(33,34)23(40,41)42)5-4-11(3-1-2-6-46-12(49)50)7-47-14(53)54-10-18(29,30)21(35,36)24(43,44)45/h11,46,48H,1-10H2,(H,47,53)(H,49,50)(H,51,52). The molecule has 54 heavy (non-hydrogen) atoms. The molecule has 0 fully saturated rings. The van der Waals surface area contributed by atoms with Crippen molar-refractivity contribution in [3.05, 3.63) is 0 Å². The Kier molecular flexibility index (Phi) is 15.9. The van der Waals surface area contributed by atoms with Gasteiger partial charge in [0.1, 0.15) is 0 Å². The number of alkyl halides is 21. The Labute approximate surface area is 286 Å². The SMILES string of the molecule is O=C(O)NCCCCC(CCC(CC(F)(F)C(F)(F)C(F)(F)F)(CC(F)(F)C(F)(F)C(F)(F)F)NC(=O)O)CNC(=O)OCC(F)(F)C(F)(F)C(F)(F)F. The second kappa shape index (κ2) is 17.0. The fourth-order valence-corrected chi connectivity index (χ4v) is 4.42. The summed E-state index contributed by atoms with van der Waals surface area (Å²) >= 11 is 0. The minimum absolute atomic E-state index is 0.309. The van der Waals surface area contributed by atoms with Crippen molar-refractivity contribution in [2.24, 2.45) is 5.92 Å². The van der Waals surface area contributed by atoms with Crippen molar-refractivity contribution in [2.75, 3.05) is 19.7 Å². The van der Waals surface area contributed by atoms with E-state index in [0.29, 0.717) is 5.32 Å². The van der Waals surface area contributed by atoms with E-state index in [0.717, 1.165) is 0 Å². The summed E-state index contributed by atoms with van der Waals surface area (Å²) in [7, 11) is 0. The van der Waals surface area contributed by atoms with Gasteiger partial charge in [-0.2, -0.15) is 92.2 Å². The van der Waals surface area contributed by atoms with Gasteiger partial charge in [0.2, 0.25) is 0 Å². The lowest BCUT2D eigenvalue weighted by Gasteiger charge is -2.42. The Morgan fingerprint density at radius 1 is 0.537 bits per heavy atom. The van der Waals surface area contributed by atoms with Crippen LogP contribution in [0.2, 0.25) is 0 Å². The van der Waals surface area contributed by atoms with Crippen molar-refractivity contribution in [3.63, 3.8) is 0 Å². The van der Waals surface area contributed by atoms with Crippen molar-refractivity contribution >= 4 is 18.3 Å². The maximum Gasteiger partial charge on any atom is 0.460 e. The molecular formula is C24H26F21N3O6. The molecule has 0 aromatic rings. The Morgan fingerprint density at radius 3 is 1.31 bits per heavy atom. The van der Waals surface area contributed by atoms with E-state index in [1.807, 2.05) is 0 Å². The number of hydrogen-bond donors (Lipinski definition) is 5. The highest BCUT2D eigenvalue weighted by Gasteiger charge is 2.77. The summed E-state index contributed by atoms with van der Waals surface area (Å²) in [5.74, 6) is -43.0. The van der Waals surface area contributed by atoms with Gasteiger partial charge in [0.25, 0.3) is 0 Å². The van der Waals surface area contributed by atoms with E-state index in [-0.39, 0.29) is 6.42 Å². The molecule has 3 amide bonds. The molecule has 5 N–H and O–H groups in total. The van der Waals surface area contributed by atoms with E-state index >= 15 is 0 Å². The number of hydrogen-bond acceptors (Lipinski definition) is 4. The Hall–Kier alpha value is -3.66. The number of carboxylic acid groups (broad SMARTS) is 2. The number of nitrogens with one attached hydrogen (secondary N) is 3. The van der Waals surface area contributed by atoms with E-state index < -0.39 is 142 Å². The van der Waals surface area contributed by atoms with Crippen LogP contribution in [0.25, 0.3) is 0 Å². The predicted octanol–water partition coefficient (Wildman–Crippen LogP) is 8.83. The average molecular weight is 851 g/mol. The summed E-state index contributed by atoms with van der Waals surface area (Å²) in [6, 6.07) is 0. The number of ether oxygens (including phenoxy) is 1. The lowest BCUT2D eigenvalue weighted by molar-refractivity contribution is -0.366. The summed E-state index contributed by atoms with van der Waals surface area (Å²) in [5, 5.41) is 21.3. The molecule has 1 atom stereocenters. The summed E-state index contributed by atoms with van der Waals surface area (Å²) in [6.07, 6.45) is -40.6. The summed E-state index contributed by atoms with van der Waals surface area (Å²) in [6.45, 7) is -4.80. The Balaban J connectivity index is 6.84. The normalized spacial score (nSPS) is 15.1. The number of carbonyl (C=O) groups is 3. The van der Waals surface area contributed by atoms with Gasteiger partial charge >= 0.3 is 72.3 Å². The first-order valence-corrected chi connectivity index (χ1v) is 14.1. The van der Waals surface area contributed by atoms with Crippen LogP contribution in [0, 0.1) is 5.92 Å². The first-order valence-electron chi connectivity index (χ1n) is 14.1. The number of carbonyl (C=O) groups excluding carboxylic acids is 1. The largest absolute Gasteiger partial charge is 0.465 e. The van der Waals surface area contributed by atoms with E-state index in [1.165, 1.54) is 5.32 Å². The molecule has 0 radical (unpaired) electrons. The van der Waals surface area contributed by atoms with E-state index in [4.69, 9.17) is 10.2 Å². The summed E-state index contributed by atoms with van der Waals surface area (Å²) < 4.78 is 284. The van der Waals surface area contributed by atoms with Crippen molar-refractivity contribution in [1.29, 1.82) is 0 Å². The lowest BCUT2D eigenvalue weighted by Crippen LogP contribution is -2.63. The Morgan fingerprint density at radius 2 is 0.944 bits per heavy atom. The fourth-order valence-electron chi connectivity index (χ4n) is 4.42. The van der Waals surface area contributed by atoms with Crippen LogP contribution in [0.4, 0.5) is 107 Å². The number of unbranched alkanes of at least 4 members (excludes halogenated alkanes) is 1. The first-order chi connectivity index (χ1) is 23.7. The Bertz CT molecular complexity index is 1230. The highest BCUT2D eigenvalue weighted by molar-refractivity contribution is 5.67. The molecule has 0 saturated carbocycles. The van der Waals surface area contributed by atoms with Crippen LogP contribution in [-0.2, 0) is 4.74 Å². The summed E-state index contributed by atoms with van der Waals surface area (Å²) in [4.78, 5) is 33.8. The minimum atomic E-state index is -7.32. The van der Waals surface area contributed by atoms with Crippen LogP contribution in [0.1, 0.15) is 44.9 Å². The van der Waals surface area contributed by atoms with Gasteiger partial charge < -0.3 is 30.9 Å². The zero-order valence-electron chi connectivity index (χ0n) is 26.1. The second-order valence-corrected chi connectivity index (χ2v) is 11.5. The number of rotatable bonds is 20.